The number of rotatable bonds is 6. The van der Waals surface area contributed by atoms with Gasteiger partial charge in [-0.15, -0.1) is 5.10 Å². The van der Waals surface area contributed by atoms with Gasteiger partial charge in [-0.3, -0.25) is 9.20 Å². The maximum Gasteiger partial charge on any atom is 0.350 e. The Kier molecular flexibility index (Phi) is 5.57. The molecule has 1 amide bonds. The van der Waals surface area contributed by atoms with Crippen LogP contribution >= 0.6 is 11.8 Å². The highest BCUT2D eigenvalue weighted by atomic mass is 32.2. The zero-order valence-electron chi connectivity index (χ0n) is 15.4. The molecule has 0 aliphatic rings. The average molecular weight is 427 g/mol. The van der Waals surface area contributed by atoms with Gasteiger partial charge in [0.05, 0.1) is 12.1 Å². The van der Waals surface area contributed by atoms with E-state index in [-0.39, 0.29) is 34.6 Å². The molecule has 10 heteroatoms. The fourth-order valence-corrected chi connectivity index (χ4v) is 3.51. The highest BCUT2D eigenvalue weighted by Crippen LogP contribution is 2.27. The molecule has 30 heavy (non-hydrogen) atoms. The molecule has 0 unspecified atom stereocenters. The second-order valence-corrected chi connectivity index (χ2v) is 7.24. The predicted octanol–water partition coefficient (Wildman–Crippen LogP) is 3.51. The van der Waals surface area contributed by atoms with Gasteiger partial charge in [-0.1, -0.05) is 18.2 Å². The van der Waals surface area contributed by atoms with Crippen LogP contribution in [0.4, 0.5) is 14.5 Å². The van der Waals surface area contributed by atoms with Crippen molar-refractivity contribution in [3.05, 3.63) is 88.6 Å². The third-order valence-corrected chi connectivity index (χ3v) is 4.95. The topological polar surface area (TPSA) is 81.3 Å². The van der Waals surface area contributed by atoms with Gasteiger partial charge in [0.25, 0.3) is 11.7 Å². The van der Waals surface area contributed by atoms with Crippen molar-refractivity contribution in [2.45, 2.75) is 17.3 Å². The molecule has 0 radical (unpaired) electrons. The van der Waals surface area contributed by atoms with E-state index < -0.39 is 11.7 Å². The first-order chi connectivity index (χ1) is 14.5. The third-order valence-electron chi connectivity index (χ3n) is 4.22. The lowest BCUT2D eigenvalue weighted by Crippen LogP contribution is -2.21. The molecule has 0 bridgehead atoms. The zero-order chi connectivity index (χ0) is 21.1. The third kappa shape index (κ3) is 4.23. The Morgan fingerprint density at radius 1 is 1.13 bits per heavy atom. The van der Waals surface area contributed by atoms with Gasteiger partial charge in [0.1, 0.15) is 5.03 Å². The van der Waals surface area contributed by atoms with Gasteiger partial charge in [0, 0.05) is 18.1 Å². The summed E-state index contributed by atoms with van der Waals surface area (Å²) in [6.07, 6.45) is 3.00. The SMILES string of the molecule is O=C(Nc1cccc(Cn2nc3ccccn3c2=O)c1)c1cccnc1SC(F)F. The van der Waals surface area contributed by atoms with Gasteiger partial charge in [-0.25, -0.2) is 14.5 Å². The number of hydrogen-bond acceptors (Lipinski definition) is 5. The molecule has 152 valence electrons. The number of nitrogens with one attached hydrogen (secondary N) is 1. The van der Waals surface area contributed by atoms with Gasteiger partial charge >= 0.3 is 5.69 Å². The van der Waals surface area contributed by atoms with E-state index in [1.54, 1.807) is 48.7 Å². The highest BCUT2D eigenvalue weighted by Gasteiger charge is 2.17. The van der Waals surface area contributed by atoms with Crippen molar-refractivity contribution in [2.75, 3.05) is 5.32 Å². The van der Waals surface area contributed by atoms with Crippen LogP contribution in [-0.4, -0.2) is 30.8 Å². The number of alkyl halides is 2. The lowest BCUT2D eigenvalue weighted by molar-refractivity contribution is 0.102. The standard InChI is InChI=1S/C20H15F2N5O2S/c21-19(22)30-18-15(7-4-9-23-18)17(28)24-14-6-3-5-13(11-14)12-27-20(29)26-10-2-1-8-16(26)25-27/h1-11,19H,12H2,(H,24,28). The van der Waals surface area contributed by atoms with E-state index in [0.29, 0.717) is 11.3 Å². The smallest absolute Gasteiger partial charge is 0.322 e. The Balaban J connectivity index is 1.55. The number of anilines is 1. The summed E-state index contributed by atoms with van der Waals surface area (Å²) >= 11 is 0.219. The van der Waals surface area contributed by atoms with Crippen molar-refractivity contribution in [2.24, 2.45) is 0 Å². The van der Waals surface area contributed by atoms with Gasteiger partial charge < -0.3 is 5.32 Å². The summed E-state index contributed by atoms with van der Waals surface area (Å²) < 4.78 is 28.2. The number of hydrogen-bond donors (Lipinski definition) is 1. The van der Waals surface area contributed by atoms with Crippen molar-refractivity contribution in [3.8, 4) is 0 Å². The summed E-state index contributed by atoms with van der Waals surface area (Å²) in [7, 11) is 0. The van der Waals surface area contributed by atoms with Crippen LogP contribution in [0.1, 0.15) is 15.9 Å². The normalized spacial score (nSPS) is 11.2. The molecule has 0 saturated heterocycles. The summed E-state index contributed by atoms with van der Waals surface area (Å²) in [6, 6.07) is 15.1. The molecule has 4 rings (SSSR count). The molecule has 1 aromatic carbocycles. The number of carbonyl (C=O) groups is 1. The van der Waals surface area contributed by atoms with E-state index in [2.05, 4.69) is 15.4 Å². The van der Waals surface area contributed by atoms with E-state index in [0.717, 1.165) is 5.56 Å². The molecule has 3 heterocycles. The highest BCUT2D eigenvalue weighted by molar-refractivity contribution is 7.99. The van der Waals surface area contributed by atoms with E-state index in [1.807, 2.05) is 0 Å². The van der Waals surface area contributed by atoms with E-state index in [1.165, 1.54) is 27.4 Å². The van der Waals surface area contributed by atoms with Crippen molar-refractivity contribution in [1.29, 1.82) is 0 Å². The Labute approximate surface area is 173 Å². The summed E-state index contributed by atoms with van der Waals surface area (Å²) in [5.41, 5.74) is 1.53. The number of pyridine rings is 2. The minimum Gasteiger partial charge on any atom is -0.322 e. The van der Waals surface area contributed by atoms with Crippen LogP contribution in [0.2, 0.25) is 0 Å². The molecule has 0 saturated carbocycles. The monoisotopic (exact) mass is 427 g/mol. The Hall–Kier alpha value is -3.53. The Bertz CT molecular complexity index is 1270. The van der Waals surface area contributed by atoms with E-state index in [4.69, 9.17) is 0 Å². The maximum absolute atomic E-state index is 12.7. The van der Waals surface area contributed by atoms with Crippen LogP contribution in [0.5, 0.6) is 0 Å². The number of fused-ring (bicyclic) bond motifs is 1. The van der Waals surface area contributed by atoms with Gasteiger partial charge in [0.15, 0.2) is 5.65 Å². The molecule has 3 aromatic heterocycles. The fraction of sp³-hybridized carbons (Fsp3) is 0.100. The molecule has 0 spiro atoms. The molecule has 0 aliphatic heterocycles. The molecular weight excluding hydrogens is 412 g/mol. The van der Waals surface area contributed by atoms with Crippen LogP contribution in [0.3, 0.4) is 0 Å². The molecule has 4 aromatic rings. The molecule has 0 fully saturated rings. The number of amides is 1. The van der Waals surface area contributed by atoms with Crippen LogP contribution in [0.25, 0.3) is 5.65 Å². The molecule has 1 N–H and O–H groups in total. The van der Waals surface area contributed by atoms with Crippen LogP contribution in [0, 0.1) is 0 Å². The largest absolute Gasteiger partial charge is 0.350 e. The van der Waals surface area contributed by atoms with Crippen LogP contribution in [0.15, 0.2) is 76.8 Å². The van der Waals surface area contributed by atoms with Crippen molar-refractivity contribution in [3.63, 3.8) is 0 Å². The summed E-state index contributed by atoms with van der Waals surface area (Å²) in [4.78, 5) is 28.9. The fourth-order valence-electron chi connectivity index (χ4n) is 2.93. The summed E-state index contributed by atoms with van der Waals surface area (Å²) in [5, 5.41) is 6.93. The van der Waals surface area contributed by atoms with Crippen LogP contribution in [-0.2, 0) is 6.54 Å². The minimum atomic E-state index is -2.68. The molecule has 0 aliphatic carbocycles. The summed E-state index contributed by atoms with van der Waals surface area (Å²) in [5.74, 6) is -3.23. The first-order valence-corrected chi connectivity index (χ1v) is 9.73. The van der Waals surface area contributed by atoms with E-state index >= 15 is 0 Å². The van der Waals surface area contributed by atoms with Gasteiger partial charge in [-0.2, -0.15) is 8.78 Å². The zero-order valence-corrected chi connectivity index (χ0v) is 16.2. The molecular formula is C20H15F2N5O2S. The number of nitrogens with zero attached hydrogens (tertiary/aromatic N) is 4. The summed E-state index contributed by atoms with van der Waals surface area (Å²) in [6.45, 7) is 0.212. The molecule has 0 atom stereocenters. The number of thioether (sulfide) groups is 1. The predicted molar refractivity (Wildman–Crippen MR) is 109 cm³/mol. The number of carbonyl (C=O) groups excluding carboxylic acids is 1. The second kappa shape index (κ2) is 8.46. The second-order valence-electron chi connectivity index (χ2n) is 6.26. The number of halogens is 2. The van der Waals surface area contributed by atoms with Crippen LogP contribution < -0.4 is 11.0 Å². The first kappa shape index (κ1) is 19.8. The average Bonchev–Trinajstić information content (AvgIpc) is 3.04. The van der Waals surface area contributed by atoms with Crippen molar-refractivity contribution in [1.82, 2.24) is 19.2 Å². The maximum atomic E-state index is 12.7. The van der Waals surface area contributed by atoms with Crippen molar-refractivity contribution < 1.29 is 13.6 Å². The van der Waals surface area contributed by atoms with Crippen molar-refractivity contribution >= 4 is 29.0 Å². The van der Waals surface area contributed by atoms with E-state index in [9.17, 15) is 18.4 Å². The molecule has 7 nitrogen and oxygen atoms in total. The Morgan fingerprint density at radius 3 is 2.80 bits per heavy atom. The lowest BCUT2D eigenvalue weighted by atomic mass is 10.2. The van der Waals surface area contributed by atoms with Gasteiger partial charge in [0.2, 0.25) is 0 Å². The number of benzene rings is 1. The quantitative estimate of drug-likeness (QED) is 0.477. The first-order valence-electron chi connectivity index (χ1n) is 8.85. The minimum absolute atomic E-state index is 0.0441. The number of aromatic nitrogens is 4. The lowest BCUT2D eigenvalue weighted by Gasteiger charge is -2.10. The van der Waals surface area contributed by atoms with Gasteiger partial charge in [-0.05, 0) is 53.7 Å². The Morgan fingerprint density at radius 2 is 2.00 bits per heavy atom.